The van der Waals surface area contributed by atoms with Gasteiger partial charge < -0.3 is 8.92 Å². The van der Waals surface area contributed by atoms with E-state index >= 15 is 0 Å². The Bertz CT molecular complexity index is 905. The molecule has 2 aromatic carbocycles. The maximum atomic E-state index is 12.7. The Kier molecular flexibility index (Phi) is 5.32. The van der Waals surface area contributed by atoms with E-state index in [0.717, 1.165) is 17.2 Å². The van der Waals surface area contributed by atoms with Gasteiger partial charge in [-0.3, -0.25) is 10.1 Å². The normalized spacial score (nSPS) is 11.4. The first kappa shape index (κ1) is 18.7. The minimum Gasteiger partial charge on any atom is -0.495 e. The van der Waals surface area contributed by atoms with Gasteiger partial charge in [-0.15, -0.1) is 0 Å². The molecule has 0 fully saturated rings. The summed E-state index contributed by atoms with van der Waals surface area (Å²) in [5.41, 5.74) is 1.19. The Morgan fingerprint density at radius 1 is 1.08 bits per heavy atom. The molecule has 0 radical (unpaired) electrons. The molecule has 0 aliphatic rings. The van der Waals surface area contributed by atoms with E-state index < -0.39 is 15.0 Å². The molecule has 0 atom stereocenters. The molecule has 25 heavy (non-hydrogen) atoms. The molecule has 0 aliphatic heterocycles. The number of hydrogen-bond donors (Lipinski definition) is 0. The van der Waals surface area contributed by atoms with Gasteiger partial charge in [-0.25, -0.2) is 0 Å². The molecule has 0 bridgehead atoms. The SMILES string of the molecule is COc1ccc([N+](=O)[O-])cc1S(=O)(=O)Oc1cc(C)ccc1C(C)C. The summed E-state index contributed by atoms with van der Waals surface area (Å²) in [4.78, 5) is 9.89. The monoisotopic (exact) mass is 365 g/mol. The molecule has 0 unspecified atom stereocenters. The summed E-state index contributed by atoms with van der Waals surface area (Å²) >= 11 is 0. The van der Waals surface area contributed by atoms with Crippen molar-refractivity contribution in [3.63, 3.8) is 0 Å². The molecule has 0 aliphatic carbocycles. The van der Waals surface area contributed by atoms with Gasteiger partial charge >= 0.3 is 10.1 Å². The fourth-order valence-corrected chi connectivity index (χ4v) is 3.46. The average molecular weight is 365 g/mol. The van der Waals surface area contributed by atoms with Crippen molar-refractivity contribution in [1.29, 1.82) is 0 Å². The second-order valence-corrected chi connectivity index (χ2v) is 7.34. The van der Waals surface area contributed by atoms with Crippen LogP contribution in [0.2, 0.25) is 0 Å². The van der Waals surface area contributed by atoms with E-state index in [4.69, 9.17) is 8.92 Å². The van der Waals surface area contributed by atoms with Crippen LogP contribution >= 0.6 is 0 Å². The first-order chi connectivity index (χ1) is 11.7. The van der Waals surface area contributed by atoms with Gasteiger partial charge in [0.1, 0.15) is 11.5 Å². The standard InChI is InChI=1S/C17H19NO6S/c1-11(2)14-7-5-12(3)9-16(14)24-25(21,22)17-10-13(18(19)20)6-8-15(17)23-4/h5-11H,1-4H3. The van der Waals surface area contributed by atoms with Gasteiger partial charge in [-0.1, -0.05) is 26.0 Å². The van der Waals surface area contributed by atoms with Crippen LogP contribution in [0.5, 0.6) is 11.5 Å². The molecule has 0 heterocycles. The van der Waals surface area contributed by atoms with Crippen LogP contribution in [0.25, 0.3) is 0 Å². The summed E-state index contributed by atoms with van der Waals surface area (Å²) in [6.45, 7) is 5.65. The highest BCUT2D eigenvalue weighted by molar-refractivity contribution is 7.87. The van der Waals surface area contributed by atoms with Crippen LogP contribution in [0.1, 0.15) is 30.9 Å². The highest BCUT2D eigenvalue weighted by Gasteiger charge is 2.26. The first-order valence-electron chi connectivity index (χ1n) is 7.53. The lowest BCUT2D eigenvalue weighted by Crippen LogP contribution is -2.13. The minimum atomic E-state index is -4.31. The van der Waals surface area contributed by atoms with Crippen LogP contribution in [0.15, 0.2) is 41.3 Å². The zero-order valence-electron chi connectivity index (χ0n) is 14.3. The second-order valence-electron chi connectivity index (χ2n) is 5.83. The summed E-state index contributed by atoms with van der Waals surface area (Å²) < 4.78 is 35.8. The van der Waals surface area contributed by atoms with E-state index in [1.54, 1.807) is 12.1 Å². The average Bonchev–Trinajstić information content (AvgIpc) is 2.53. The van der Waals surface area contributed by atoms with Crippen molar-refractivity contribution in [1.82, 2.24) is 0 Å². The zero-order chi connectivity index (χ0) is 18.8. The van der Waals surface area contributed by atoms with E-state index in [1.807, 2.05) is 26.8 Å². The molecule has 7 nitrogen and oxygen atoms in total. The van der Waals surface area contributed by atoms with E-state index in [-0.39, 0.29) is 28.0 Å². The van der Waals surface area contributed by atoms with Crippen LogP contribution in [0.3, 0.4) is 0 Å². The first-order valence-corrected chi connectivity index (χ1v) is 8.94. The molecule has 0 aromatic heterocycles. The van der Waals surface area contributed by atoms with E-state index in [2.05, 4.69) is 0 Å². The fraction of sp³-hybridized carbons (Fsp3) is 0.294. The number of nitro groups is 1. The van der Waals surface area contributed by atoms with Crippen LogP contribution in [0, 0.1) is 17.0 Å². The van der Waals surface area contributed by atoms with E-state index in [9.17, 15) is 18.5 Å². The van der Waals surface area contributed by atoms with Gasteiger partial charge in [0.25, 0.3) is 5.69 Å². The van der Waals surface area contributed by atoms with E-state index in [1.165, 1.54) is 19.2 Å². The number of ether oxygens (including phenoxy) is 1. The van der Waals surface area contributed by atoms with Crippen molar-refractivity contribution in [2.75, 3.05) is 7.11 Å². The van der Waals surface area contributed by atoms with Crippen molar-refractivity contribution in [2.45, 2.75) is 31.6 Å². The molecule has 0 amide bonds. The number of nitro benzene ring substituents is 1. The number of rotatable bonds is 6. The lowest BCUT2D eigenvalue weighted by atomic mass is 10.0. The van der Waals surface area contributed by atoms with Crippen LogP contribution in [-0.4, -0.2) is 20.5 Å². The zero-order valence-corrected chi connectivity index (χ0v) is 15.2. The predicted molar refractivity (Wildman–Crippen MR) is 92.7 cm³/mol. The Morgan fingerprint density at radius 2 is 1.76 bits per heavy atom. The fourth-order valence-electron chi connectivity index (χ4n) is 2.33. The molecular weight excluding hydrogens is 346 g/mol. The number of benzene rings is 2. The lowest BCUT2D eigenvalue weighted by Gasteiger charge is -2.15. The highest BCUT2D eigenvalue weighted by Crippen LogP contribution is 2.33. The third-order valence-electron chi connectivity index (χ3n) is 3.62. The summed E-state index contributed by atoms with van der Waals surface area (Å²) in [5.74, 6) is 0.214. The number of non-ortho nitro benzene ring substituents is 1. The Balaban J connectivity index is 2.56. The Labute approximate surface area is 146 Å². The molecule has 134 valence electrons. The topological polar surface area (TPSA) is 95.7 Å². The third-order valence-corrected chi connectivity index (χ3v) is 4.87. The van der Waals surface area contributed by atoms with Crippen molar-refractivity contribution < 1.29 is 22.3 Å². The maximum Gasteiger partial charge on any atom is 0.343 e. The molecule has 8 heteroatoms. The lowest BCUT2D eigenvalue weighted by molar-refractivity contribution is -0.385. The summed E-state index contributed by atoms with van der Waals surface area (Å²) in [6.07, 6.45) is 0. The maximum absolute atomic E-state index is 12.7. The van der Waals surface area contributed by atoms with E-state index in [0.29, 0.717) is 0 Å². The molecule has 0 spiro atoms. The molecule has 0 saturated carbocycles. The van der Waals surface area contributed by atoms with Gasteiger partial charge in [-0.05, 0) is 36.1 Å². The van der Waals surface area contributed by atoms with Crippen molar-refractivity contribution in [3.8, 4) is 11.5 Å². The highest BCUT2D eigenvalue weighted by atomic mass is 32.2. The second kappa shape index (κ2) is 7.10. The number of nitrogens with zero attached hydrogens (tertiary/aromatic N) is 1. The summed E-state index contributed by atoms with van der Waals surface area (Å²) in [6, 6.07) is 8.62. The molecule has 2 aromatic rings. The third kappa shape index (κ3) is 4.08. The molecule has 2 rings (SSSR count). The number of aryl methyl sites for hydroxylation is 1. The van der Waals surface area contributed by atoms with Crippen molar-refractivity contribution in [3.05, 3.63) is 57.6 Å². The van der Waals surface area contributed by atoms with Crippen LogP contribution in [-0.2, 0) is 10.1 Å². The smallest absolute Gasteiger partial charge is 0.343 e. The quantitative estimate of drug-likeness (QED) is 0.439. The van der Waals surface area contributed by atoms with Crippen LogP contribution in [0.4, 0.5) is 5.69 Å². The van der Waals surface area contributed by atoms with Gasteiger partial charge in [0.05, 0.1) is 12.0 Å². The number of hydrogen-bond acceptors (Lipinski definition) is 6. The molecule has 0 saturated heterocycles. The molecular formula is C17H19NO6S. The predicted octanol–water partition coefficient (Wildman–Crippen LogP) is 3.80. The van der Waals surface area contributed by atoms with Gasteiger partial charge in [0.2, 0.25) is 0 Å². The van der Waals surface area contributed by atoms with Crippen molar-refractivity contribution in [2.24, 2.45) is 0 Å². The number of methoxy groups -OCH3 is 1. The van der Waals surface area contributed by atoms with Gasteiger partial charge in [0.15, 0.2) is 4.90 Å². The minimum absolute atomic E-state index is 0.0237. The largest absolute Gasteiger partial charge is 0.495 e. The van der Waals surface area contributed by atoms with Crippen molar-refractivity contribution >= 4 is 15.8 Å². The Morgan fingerprint density at radius 3 is 2.32 bits per heavy atom. The summed E-state index contributed by atoms with van der Waals surface area (Å²) in [7, 11) is -3.03. The van der Waals surface area contributed by atoms with Crippen LogP contribution < -0.4 is 8.92 Å². The summed E-state index contributed by atoms with van der Waals surface area (Å²) in [5, 5.41) is 11.0. The van der Waals surface area contributed by atoms with Gasteiger partial charge in [0, 0.05) is 12.1 Å². The Hall–Kier alpha value is -2.61. The van der Waals surface area contributed by atoms with Gasteiger partial charge in [-0.2, -0.15) is 8.42 Å². The molecule has 0 N–H and O–H groups in total.